The average Bonchev–Trinajstić information content (AvgIpc) is 3.20. The lowest BCUT2D eigenvalue weighted by atomic mass is 10.2. The van der Waals surface area contributed by atoms with Gasteiger partial charge in [-0.1, -0.05) is 24.3 Å². The van der Waals surface area contributed by atoms with Crippen molar-refractivity contribution in [3.63, 3.8) is 0 Å². The molecule has 32 heavy (non-hydrogen) atoms. The molecule has 0 aliphatic rings. The average molecular weight is 470 g/mol. The number of nitrogens with one attached hydrogen (secondary N) is 2. The van der Waals surface area contributed by atoms with Crippen molar-refractivity contribution < 1.29 is 22.7 Å². The van der Waals surface area contributed by atoms with Gasteiger partial charge < -0.3 is 10.1 Å². The number of carbonyl (C=O) groups is 2. The Morgan fingerprint density at radius 2 is 1.88 bits per heavy atom. The highest BCUT2D eigenvalue weighted by Gasteiger charge is 2.21. The van der Waals surface area contributed by atoms with Crippen LogP contribution >= 0.6 is 11.3 Å². The van der Waals surface area contributed by atoms with Crippen LogP contribution in [0.4, 0.5) is 10.7 Å². The summed E-state index contributed by atoms with van der Waals surface area (Å²) in [5.41, 5.74) is 1.64. The van der Waals surface area contributed by atoms with E-state index < -0.39 is 28.5 Å². The van der Waals surface area contributed by atoms with E-state index in [-0.39, 0.29) is 16.1 Å². The summed E-state index contributed by atoms with van der Waals surface area (Å²) in [7, 11) is -3.96. The normalized spacial score (nSPS) is 10.8. The van der Waals surface area contributed by atoms with Crippen LogP contribution < -0.4 is 10.0 Å². The van der Waals surface area contributed by atoms with Crippen LogP contribution in [0.2, 0.25) is 0 Å². The minimum absolute atomic E-state index is 0.0313. The van der Waals surface area contributed by atoms with E-state index in [0.29, 0.717) is 16.1 Å². The molecule has 0 aliphatic carbocycles. The number of nitrogens with zero attached hydrogens (tertiary/aromatic N) is 1. The van der Waals surface area contributed by atoms with Gasteiger partial charge in [-0.05, 0) is 54.6 Å². The van der Waals surface area contributed by atoms with Crippen molar-refractivity contribution in [3.8, 4) is 6.07 Å². The SMILES string of the molecule is Cc1ccc(C)c(S(=O)(=O)Nc2ccccc2C(=O)OCC(=O)Nc2sccc2C#N)c1. The summed E-state index contributed by atoms with van der Waals surface area (Å²) < 4.78 is 33.3. The molecule has 0 unspecified atom stereocenters. The number of aryl methyl sites for hydroxylation is 2. The molecule has 3 rings (SSSR count). The van der Waals surface area contributed by atoms with Gasteiger partial charge in [-0.15, -0.1) is 11.3 Å². The van der Waals surface area contributed by atoms with Crippen LogP contribution in [0.3, 0.4) is 0 Å². The van der Waals surface area contributed by atoms with Crippen molar-refractivity contribution in [2.75, 3.05) is 16.6 Å². The van der Waals surface area contributed by atoms with Gasteiger partial charge in [-0.3, -0.25) is 9.52 Å². The molecule has 0 saturated carbocycles. The first kappa shape index (κ1) is 23.0. The molecule has 2 aromatic carbocycles. The maximum Gasteiger partial charge on any atom is 0.340 e. The zero-order valence-electron chi connectivity index (χ0n) is 17.2. The van der Waals surface area contributed by atoms with E-state index in [9.17, 15) is 18.0 Å². The number of sulfonamides is 1. The highest BCUT2D eigenvalue weighted by atomic mass is 32.2. The first-order chi connectivity index (χ1) is 15.2. The number of benzene rings is 2. The van der Waals surface area contributed by atoms with E-state index in [1.807, 2.05) is 6.07 Å². The van der Waals surface area contributed by atoms with Crippen molar-refractivity contribution in [3.05, 3.63) is 76.2 Å². The number of hydrogen-bond donors (Lipinski definition) is 2. The maximum atomic E-state index is 12.9. The first-order valence-electron chi connectivity index (χ1n) is 9.35. The minimum atomic E-state index is -3.96. The lowest BCUT2D eigenvalue weighted by molar-refractivity contribution is -0.119. The molecule has 2 N–H and O–H groups in total. The summed E-state index contributed by atoms with van der Waals surface area (Å²) >= 11 is 1.17. The van der Waals surface area contributed by atoms with Gasteiger partial charge in [0.25, 0.3) is 15.9 Å². The fourth-order valence-corrected chi connectivity index (χ4v) is 4.98. The number of rotatable bonds is 7. The van der Waals surface area contributed by atoms with Gasteiger partial charge in [-0.2, -0.15) is 5.26 Å². The second kappa shape index (κ2) is 9.64. The summed E-state index contributed by atoms with van der Waals surface area (Å²) in [6.45, 7) is 2.86. The van der Waals surface area contributed by atoms with Crippen LogP contribution in [0.1, 0.15) is 27.0 Å². The van der Waals surface area contributed by atoms with E-state index in [0.717, 1.165) is 5.56 Å². The Labute approximate surface area is 189 Å². The molecule has 0 aliphatic heterocycles. The van der Waals surface area contributed by atoms with E-state index in [4.69, 9.17) is 10.00 Å². The minimum Gasteiger partial charge on any atom is -0.452 e. The van der Waals surface area contributed by atoms with Crippen LogP contribution in [0.25, 0.3) is 0 Å². The molecule has 1 amide bonds. The zero-order chi connectivity index (χ0) is 23.3. The Morgan fingerprint density at radius 3 is 2.62 bits per heavy atom. The second-order valence-corrected chi connectivity index (χ2v) is 9.39. The van der Waals surface area contributed by atoms with Gasteiger partial charge in [0.15, 0.2) is 6.61 Å². The highest BCUT2D eigenvalue weighted by molar-refractivity contribution is 7.92. The summed E-state index contributed by atoms with van der Waals surface area (Å²) in [6.07, 6.45) is 0. The molecule has 8 nitrogen and oxygen atoms in total. The Bertz CT molecular complexity index is 1320. The molecule has 0 bridgehead atoms. The van der Waals surface area contributed by atoms with E-state index in [1.165, 1.54) is 23.5 Å². The number of anilines is 2. The molecule has 0 spiro atoms. The molecule has 3 aromatic rings. The molecule has 164 valence electrons. The largest absolute Gasteiger partial charge is 0.452 e. The van der Waals surface area contributed by atoms with Crippen LogP contribution in [-0.2, 0) is 19.6 Å². The molecule has 1 aromatic heterocycles. The molecule has 0 atom stereocenters. The number of esters is 1. The van der Waals surface area contributed by atoms with Crippen molar-refractivity contribution in [1.29, 1.82) is 5.26 Å². The third-order valence-corrected chi connectivity index (χ3v) is 6.73. The number of hydrogen-bond acceptors (Lipinski definition) is 7. The van der Waals surface area contributed by atoms with E-state index in [2.05, 4.69) is 10.0 Å². The van der Waals surface area contributed by atoms with Gasteiger partial charge >= 0.3 is 5.97 Å². The zero-order valence-corrected chi connectivity index (χ0v) is 18.8. The topological polar surface area (TPSA) is 125 Å². The van der Waals surface area contributed by atoms with Crippen LogP contribution in [-0.4, -0.2) is 26.9 Å². The summed E-state index contributed by atoms with van der Waals surface area (Å²) in [6, 6.07) is 14.5. The molecule has 0 fully saturated rings. The van der Waals surface area contributed by atoms with Crippen molar-refractivity contribution in [1.82, 2.24) is 0 Å². The lowest BCUT2D eigenvalue weighted by Gasteiger charge is -2.14. The number of para-hydroxylation sites is 1. The standard InChI is InChI=1S/C22H19N3O5S2/c1-14-7-8-15(2)19(11-14)32(28,29)25-18-6-4-3-5-17(18)22(27)30-13-20(26)24-21-16(12-23)9-10-31-21/h3-11,25H,13H2,1-2H3,(H,24,26). The van der Waals surface area contributed by atoms with Crippen LogP contribution in [0.15, 0.2) is 58.8 Å². The predicted molar refractivity (Wildman–Crippen MR) is 121 cm³/mol. The second-order valence-electron chi connectivity index (χ2n) is 6.82. The molecular weight excluding hydrogens is 450 g/mol. The number of amides is 1. The number of thiophene rings is 1. The Morgan fingerprint density at radius 1 is 1.12 bits per heavy atom. The quantitative estimate of drug-likeness (QED) is 0.507. The fraction of sp³-hybridized carbons (Fsp3) is 0.136. The predicted octanol–water partition coefficient (Wildman–Crippen LogP) is 3.83. The number of nitriles is 1. The summed E-state index contributed by atoms with van der Waals surface area (Å²) in [5, 5.41) is 13.5. The van der Waals surface area contributed by atoms with Gasteiger partial charge in [0.1, 0.15) is 11.1 Å². The lowest BCUT2D eigenvalue weighted by Crippen LogP contribution is -2.22. The summed E-state index contributed by atoms with van der Waals surface area (Å²) in [4.78, 5) is 24.7. The Kier molecular flexibility index (Phi) is 6.92. The third-order valence-electron chi connectivity index (χ3n) is 4.40. The number of ether oxygens (including phenoxy) is 1. The van der Waals surface area contributed by atoms with Crippen molar-refractivity contribution in [2.45, 2.75) is 18.7 Å². The van der Waals surface area contributed by atoms with Gasteiger partial charge in [0.2, 0.25) is 0 Å². The van der Waals surface area contributed by atoms with Gasteiger partial charge in [-0.25, -0.2) is 13.2 Å². The molecule has 1 heterocycles. The van der Waals surface area contributed by atoms with Crippen LogP contribution in [0, 0.1) is 25.2 Å². The molecular formula is C22H19N3O5S2. The smallest absolute Gasteiger partial charge is 0.340 e. The summed E-state index contributed by atoms with van der Waals surface area (Å²) in [5.74, 6) is -1.49. The monoisotopic (exact) mass is 469 g/mol. The van der Waals surface area contributed by atoms with Gasteiger partial charge in [0.05, 0.1) is 21.7 Å². The number of carbonyl (C=O) groups excluding carboxylic acids is 2. The van der Waals surface area contributed by atoms with E-state index in [1.54, 1.807) is 55.6 Å². The molecule has 0 radical (unpaired) electrons. The Balaban J connectivity index is 1.73. The van der Waals surface area contributed by atoms with Crippen molar-refractivity contribution >= 4 is 43.9 Å². The van der Waals surface area contributed by atoms with Crippen molar-refractivity contribution in [2.24, 2.45) is 0 Å². The highest BCUT2D eigenvalue weighted by Crippen LogP contribution is 2.24. The molecule has 10 heteroatoms. The third kappa shape index (κ3) is 5.32. The molecule has 0 saturated heterocycles. The fourth-order valence-electron chi connectivity index (χ4n) is 2.81. The van der Waals surface area contributed by atoms with Crippen LogP contribution in [0.5, 0.6) is 0 Å². The Hall–Kier alpha value is -3.68. The van der Waals surface area contributed by atoms with E-state index >= 15 is 0 Å². The van der Waals surface area contributed by atoms with Gasteiger partial charge in [0, 0.05) is 0 Å². The maximum absolute atomic E-state index is 12.9. The first-order valence-corrected chi connectivity index (χ1v) is 11.7.